The van der Waals surface area contributed by atoms with Gasteiger partial charge in [0.1, 0.15) is 5.82 Å². The third kappa shape index (κ3) is 2.04. The summed E-state index contributed by atoms with van der Waals surface area (Å²) in [6.45, 7) is 1.92. The van der Waals surface area contributed by atoms with Crippen molar-refractivity contribution in [3.63, 3.8) is 0 Å². The highest BCUT2D eigenvalue weighted by molar-refractivity contribution is 5.93. The number of benzene rings is 1. The number of aromatic amines is 1. The minimum Gasteiger partial charge on any atom is -0.392 e. The number of hydrogen-bond donors (Lipinski definition) is 3. The zero-order valence-electron chi connectivity index (χ0n) is 10.5. The van der Waals surface area contributed by atoms with Gasteiger partial charge in [0.25, 0.3) is 0 Å². The van der Waals surface area contributed by atoms with E-state index in [0.29, 0.717) is 0 Å². The molecule has 96 valence electrons. The molecule has 5 nitrogen and oxygen atoms in total. The molecule has 5 heteroatoms. The Morgan fingerprint density at radius 2 is 2.11 bits per heavy atom. The number of fused-ring (bicyclic) bond motifs is 1. The van der Waals surface area contributed by atoms with Crippen LogP contribution in [0, 0.1) is 6.92 Å². The highest BCUT2D eigenvalue weighted by atomic mass is 16.3. The molecule has 0 bridgehead atoms. The third-order valence-electron chi connectivity index (χ3n) is 3.10. The number of aliphatic hydroxyl groups excluding tert-OH is 1. The summed E-state index contributed by atoms with van der Waals surface area (Å²) in [6, 6.07) is 9.50. The molecule has 3 aromatic rings. The molecule has 3 N–H and O–H groups in total. The first-order valence-corrected chi connectivity index (χ1v) is 6.05. The number of pyridine rings is 1. The van der Waals surface area contributed by atoms with Crippen LogP contribution in [-0.2, 0) is 6.61 Å². The van der Waals surface area contributed by atoms with Gasteiger partial charge in [0, 0.05) is 17.4 Å². The van der Waals surface area contributed by atoms with E-state index in [-0.39, 0.29) is 6.61 Å². The van der Waals surface area contributed by atoms with Crippen LogP contribution in [0.5, 0.6) is 0 Å². The Labute approximate surface area is 110 Å². The quantitative estimate of drug-likeness (QED) is 0.671. The second kappa shape index (κ2) is 4.70. The number of hydrogen-bond acceptors (Lipinski definition) is 4. The van der Waals surface area contributed by atoms with Crippen molar-refractivity contribution < 1.29 is 5.11 Å². The molecule has 0 spiro atoms. The van der Waals surface area contributed by atoms with Crippen molar-refractivity contribution >= 4 is 22.4 Å². The van der Waals surface area contributed by atoms with Crippen LogP contribution in [0.25, 0.3) is 10.9 Å². The summed E-state index contributed by atoms with van der Waals surface area (Å²) in [5, 5.41) is 20.7. The summed E-state index contributed by atoms with van der Waals surface area (Å²) in [4.78, 5) is 4.36. The first-order valence-electron chi connectivity index (χ1n) is 6.05. The van der Waals surface area contributed by atoms with Crippen molar-refractivity contribution in [1.29, 1.82) is 0 Å². The van der Waals surface area contributed by atoms with Gasteiger partial charge in [-0.25, -0.2) is 4.98 Å². The Kier molecular flexibility index (Phi) is 2.89. The van der Waals surface area contributed by atoms with Crippen molar-refractivity contribution in [2.45, 2.75) is 13.5 Å². The number of nitrogens with one attached hydrogen (secondary N) is 2. The number of nitrogens with zero attached hydrogens (tertiary/aromatic N) is 2. The fourth-order valence-electron chi connectivity index (χ4n) is 2.12. The van der Waals surface area contributed by atoms with Gasteiger partial charge >= 0.3 is 0 Å². The van der Waals surface area contributed by atoms with E-state index in [1.54, 1.807) is 6.20 Å². The molecule has 0 aliphatic carbocycles. The van der Waals surface area contributed by atoms with E-state index in [1.807, 2.05) is 37.3 Å². The second-order valence-corrected chi connectivity index (χ2v) is 4.33. The fourth-order valence-corrected chi connectivity index (χ4v) is 2.12. The molecule has 0 aliphatic heterocycles. The lowest BCUT2D eigenvalue weighted by Crippen LogP contribution is -1.98. The normalized spacial score (nSPS) is 10.8. The number of anilines is 2. The smallest absolute Gasteiger partial charge is 0.141 e. The van der Waals surface area contributed by atoms with Gasteiger partial charge in [-0.05, 0) is 19.1 Å². The Morgan fingerprint density at radius 1 is 1.26 bits per heavy atom. The van der Waals surface area contributed by atoms with Crippen LogP contribution >= 0.6 is 0 Å². The minimum atomic E-state index is -0.0104. The lowest BCUT2D eigenvalue weighted by molar-refractivity contribution is 0.282. The van der Waals surface area contributed by atoms with E-state index in [2.05, 4.69) is 20.5 Å². The van der Waals surface area contributed by atoms with Crippen LogP contribution in [0.2, 0.25) is 0 Å². The molecule has 2 heterocycles. The van der Waals surface area contributed by atoms with Gasteiger partial charge < -0.3 is 10.4 Å². The largest absolute Gasteiger partial charge is 0.392 e. The van der Waals surface area contributed by atoms with Crippen molar-refractivity contribution in [2.24, 2.45) is 0 Å². The van der Waals surface area contributed by atoms with Gasteiger partial charge in [0.05, 0.1) is 23.2 Å². The molecular formula is C14H14N4O. The molecule has 0 saturated heterocycles. The van der Waals surface area contributed by atoms with Crippen LogP contribution < -0.4 is 5.32 Å². The first kappa shape index (κ1) is 11.7. The Balaban J connectivity index is 2.08. The zero-order valence-corrected chi connectivity index (χ0v) is 10.5. The molecule has 1 aromatic carbocycles. The second-order valence-electron chi connectivity index (χ2n) is 4.33. The lowest BCUT2D eigenvalue weighted by Gasteiger charge is -2.10. The van der Waals surface area contributed by atoms with E-state index in [0.717, 1.165) is 33.7 Å². The van der Waals surface area contributed by atoms with Crippen molar-refractivity contribution in [1.82, 2.24) is 15.2 Å². The number of aliphatic hydroxyl groups is 1. The Hall–Kier alpha value is -2.40. The van der Waals surface area contributed by atoms with Gasteiger partial charge in [-0.1, -0.05) is 18.2 Å². The lowest BCUT2D eigenvalue weighted by atomic mass is 10.2. The van der Waals surface area contributed by atoms with Crippen LogP contribution in [0.1, 0.15) is 11.3 Å². The Bertz CT molecular complexity index is 720. The van der Waals surface area contributed by atoms with E-state index in [9.17, 15) is 5.11 Å². The molecular weight excluding hydrogens is 240 g/mol. The summed E-state index contributed by atoms with van der Waals surface area (Å²) in [5.74, 6) is 0.740. The topological polar surface area (TPSA) is 73.8 Å². The number of H-pyrrole nitrogens is 1. The third-order valence-corrected chi connectivity index (χ3v) is 3.10. The van der Waals surface area contributed by atoms with Crippen LogP contribution in [0.15, 0.2) is 36.5 Å². The summed E-state index contributed by atoms with van der Waals surface area (Å²) in [7, 11) is 0. The SMILES string of the molecule is Cc1n[nH]c2ccnc(Nc3ccccc3CO)c12. The highest BCUT2D eigenvalue weighted by Crippen LogP contribution is 2.26. The minimum absolute atomic E-state index is 0.0104. The summed E-state index contributed by atoms with van der Waals surface area (Å²) >= 11 is 0. The average Bonchev–Trinajstić information content (AvgIpc) is 2.82. The Morgan fingerprint density at radius 3 is 2.95 bits per heavy atom. The molecule has 0 unspecified atom stereocenters. The number of aryl methyl sites for hydroxylation is 1. The predicted octanol–water partition coefficient (Wildman–Crippen LogP) is 2.50. The molecule has 0 aliphatic rings. The fraction of sp³-hybridized carbons (Fsp3) is 0.143. The molecule has 3 rings (SSSR count). The van der Waals surface area contributed by atoms with Gasteiger partial charge in [-0.3, -0.25) is 5.10 Å². The molecule has 0 atom stereocenters. The molecule has 0 amide bonds. The summed E-state index contributed by atoms with van der Waals surface area (Å²) in [6.07, 6.45) is 1.73. The highest BCUT2D eigenvalue weighted by Gasteiger charge is 2.09. The maximum atomic E-state index is 9.35. The van der Waals surface area contributed by atoms with E-state index < -0.39 is 0 Å². The van der Waals surface area contributed by atoms with Crippen molar-refractivity contribution in [3.05, 3.63) is 47.8 Å². The van der Waals surface area contributed by atoms with Crippen molar-refractivity contribution in [2.75, 3.05) is 5.32 Å². The monoisotopic (exact) mass is 254 g/mol. The molecule has 19 heavy (non-hydrogen) atoms. The van der Waals surface area contributed by atoms with Crippen LogP contribution in [0.4, 0.5) is 11.5 Å². The standard InChI is InChI=1S/C14H14N4O/c1-9-13-12(18-17-9)6-7-15-14(13)16-11-5-3-2-4-10(11)8-19/h2-7,19H,8H2,1H3,(H,15,16)(H,17,18). The number of para-hydroxylation sites is 1. The van der Waals surface area contributed by atoms with Gasteiger partial charge in [0.2, 0.25) is 0 Å². The summed E-state index contributed by atoms with van der Waals surface area (Å²) in [5.41, 5.74) is 3.52. The van der Waals surface area contributed by atoms with Gasteiger partial charge in [-0.15, -0.1) is 0 Å². The van der Waals surface area contributed by atoms with Crippen LogP contribution in [0.3, 0.4) is 0 Å². The molecule has 0 saturated carbocycles. The number of rotatable bonds is 3. The van der Waals surface area contributed by atoms with Crippen LogP contribution in [-0.4, -0.2) is 20.3 Å². The maximum absolute atomic E-state index is 9.35. The summed E-state index contributed by atoms with van der Waals surface area (Å²) < 4.78 is 0. The van der Waals surface area contributed by atoms with E-state index in [1.165, 1.54) is 0 Å². The van der Waals surface area contributed by atoms with E-state index in [4.69, 9.17) is 0 Å². The average molecular weight is 254 g/mol. The maximum Gasteiger partial charge on any atom is 0.141 e. The molecule has 0 fully saturated rings. The molecule has 0 radical (unpaired) electrons. The number of aromatic nitrogens is 3. The molecule has 2 aromatic heterocycles. The van der Waals surface area contributed by atoms with Crippen molar-refractivity contribution in [3.8, 4) is 0 Å². The van der Waals surface area contributed by atoms with E-state index >= 15 is 0 Å². The van der Waals surface area contributed by atoms with Gasteiger partial charge in [-0.2, -0.15) is 5.10 Å². The van der Waals surface area contributed by atoms with Gasteiger partial charge in [0.15, 0.2) is 0 Å². The zero-order chi connectivity index (χ0) is 13.2. The first-order chi connectivity index (χ1) is 9.29. The predicted molar refractivity (Wildman–Crippen MR) is 74.3 cm³/mol.